The third-order valence-electron chi connectivity index (χ3n) is 1.80. The highest BCUT2D eigenvalue weighted by Gasteiger charge is 2.04. The first-order chi connectivity index (χ1) is 5.86. The zero-order valence-electron chi connectivity index (χ0n) is 6.50. The third kappa shape index (κ3) is 1.28. The summed E-state index contributed by atoms with van der Waals surface area (Å²) in [6, 6.07) is 6.51. The molecule has 2 heteroatoms. The summed E-state index contributed by atoms with van der Waals surface area (Å²) < 4.78 is 12.7. The molecule has 0 radical (unpaired) electrons. The van der Waals surface area contributed by atoms with Gasteiger partial charge in [-0.05, 0) is 17.7 Å². The van der Waals surface area contributed by atoms with Crippen LogP contribution < -0.4 is 0 Å². The highest BCUT2D eigenvalue weighted by Crippen LogP contribution is 2.11. The van der Waals surface area contributed by atoms with Crippen molar-refractivity contribution in [1.29, 1.82) is 0 Å². The fraction of sp³-hybridized carbons (Fsp3) is 0.100. The van der Waals surface area contributed by atoms with E-state index in [1.165, 1.54) is 12.1 Å². The molecule has 1 aromatic carbocycles. The van der Waals surface area contributed by atoms with Crippen LogP contribution >= 0.6 is 0 Å². The molecule has 1 nitrogen and oxygen atoms in total. The van der Waals surface area contributed by atoms with Crippen molar-refractivity contribution in [2.45, 2.75) is 6.42 Å². The second kappa shape index (κ2) is 2.89. The fourth-order valence-corrected chi connectivity index (χ4v) is 1.22. The van der Waals surface area contributed by atoms with Crippen molar-refractivity contribution < 1.29 is 4.39 Å². The molecule has 0 atom stereocenters. The summed E-state index contributed by atoms with van der Waals surface area (Å²) in [6.45, 7) is 0. The zero-order valence-corrected chi connectivity index (χ0v) is 6.50. The van der Waals surface area contributed by atoms with E-state index in [4.69, 9.17) is 0 Å². The van der Waals surface area contributed by atoms with Gasteiger partial charge in [0.1, 0.15) is 5.82 Å². The van der Waals surface area contributed by atoms with Crippen LogP contribution in [0.4, 0.5) is 4.39 Å². The van der Waals surface area contributed by atoms with Crippen molar-refractivity contribution >= 4 is 5.71 Å². The molecule has 1 heterocycles. The van der Waals surface area contributed by atoms with Gasteiger partial charge in [-0.1, -0.05) is 18.2 Å². The minimum atomic E-state index is -0.206. The summed E-state index contributed by atoms with van der Waals surface area (Å²) in [6.07, 6.45) is 4.52. The summed E-state index contributed by atoms with van der Waals surface area (Å²) in [5.41, 5.74) is 1.81. The maximum Gasteiger partial charge on any atom is 0.123 e. The maximum atomic E-state index is 12.7. The van der Waals surface area contributed by atoms with E-state index >= 15 is 0 Å². The number of hydrogen-bond acceptors (Lipinski definition) is 1. The Morgan fingerprint density at radius 3 is 2.92 bits per heavy atom. The van der Waals surface area contributed by atoms with Crippen LogP contribution in [-0.4, -0.2) is 5.71 Å². The molecule has 0 fully saturated rings. The molecule has 0 unspecified atom stereocenters. The van der Waals surface area contributed by atoms with Crippen molar-refractivity contribution in [3.8, 4) is 0 Å². The number of aliphatic imine (C=N–C) groups is 1. The first-order valence-electron chi connectivity index (χ1n) is 3.84. The number of benzene rings is 1. The molecular weight excluding hydrogens is 153 g/mol. The Kier molecular flexibility index (Phi) is 1.74. The van der Waals surface area contributed by atoms with Crippen molar-refractivity contribution in [2.75, 3.05) is 0 Å². The zero-order chi connectivity index (χ0) is 8.39. The Labute approximate surface area is 70.3 Å². The molecule has 1 aliphatic heterocycles. The minimum Gasteiger partial charge on any atom is -0.261 e. The average molecular weight is 161 g/mol. The molecule has 12 heavy (non-hydrogen) atoms. The Hall–Kier alpha value is -1.44. The maximum absolute atomic E-state index is 12.7. The van der Waals surface area contributed by atoms with Crippen LogP contribution in [0.25, 0.3) is 0 Å². The standard InChI is InChI=1S/C10H8FN/c11-9-4-1-3-8(7-9)10-5-2-6-12-10/h1-4,6-7H,5H2. The second-order valence-corrected chi connectivity index (χ2v) is 2.68. The van der Waals surface area contributed by atoms with Crippen LogP contribution in [0.1, 0.15) is 12.0 Å². The second-order valence-electron chi connectivity index (χ2n) is 2.68. The summed E-state index contributed by atoms with van der Waals surface area (Å²) in [5, 5.41) is 0. The molecule has 1 aromatic rings. The first-order valence-corrected chi connectivity index (χ1v) is 3.84. The molecule has 0 saturated heterocycles. The van der Waals surface area contributed by atoms with Crippen LogP contribution in [0.3, 0.4) is 0 Å². The molecule has 0 N–H and O–H groups in total. The number of halogens is 1. The number of hydrogen-bond donors (Lipinski definition) is 0. The van der Waals surface area contributed by atoms with E-state index in [1.54, 1.807) is 12.3 Å². The summed E-state index contributed by atoms with van der Waals surface area (Å²) >= 11 is 0. The highest BCUT2D eigenvalue weighted by atomic mass is 19.1. The molecule has 2 rings (SSSR count). The lowest BCUT2D eigenvalue weighted by atomic mass is 10.1. The molecule has 0 aromatic heterocycles. The van der Waals surface area contributed by atoms with E-state index in [0.717, 1.165) is 17.7 Å². The van der Waals surface area contributed by atoms with Gasteiger partial charge in [0, 0.05) is 12.6 Å². The van der Waals surface area contributed by atoms with Gasteiger partial charge in [0.05, 0.1) is 5.71 Å². The van der Waals surface area contributed by atoms with Crippen LogP contribution in [0.15, 0.2) is 41.5 Å². The number of nitrogens with zero attached hydrogens (tertiary/aromatic N) is 1. The number of rotatable bonds is 1. The van der Waals surface area contributed by atoms with Gasteiger partial charge in [0.2, 0.25) is 0 Å². The Morgan fingerprint density at radius 1 is 1.33 bits per heavy atom. The Morgan fingerprint density at radius 2 is 2.25 bits per heavy atom. The van der Waals surface area contributed by atoms with Gasteiger partial charge in [-0.3, -0.25) is 4.99 Å². The van der Waals surface area contributed by atoms with E-state index in [2.05, 4.69) is 4.99 Å². The van der Waals surface area contributed by atoms with Gasteiger partial charge >= 0.3 is 0 Å². The quantitative estimate of drug-likeness (QED) is 0.600. The molecule has 0 saturated carbocycles. The molecular formula is C10H8FN. The lowest BCUT2D eigenvalue weighted by Crippen LogP contribution is -1.96. The average Bonchev–Trinajstić information content (AvgIpc) is 2.56. The molecule has 1 aliphatic rings. The largest absolute Gasteiger partial charge is 0.261 e. The fourth-order valence-electron chi connectivity index (χ4n) is 1.22. The van der Waals surface area contributed by atoms with E-state index in [0.29, 0.717) is 0 Å². The lowest BCUT2D eigenvalue weighted by molar-refractivity contribution is 0.627. The smallest absolute Gasteiger partial charge is 0.123 e. The van der Waals surface area contributed by atoms with Crippen LogP contribution in [0.5, 0.6) is 0 Å². The van der Waals surface area contributed by atoms with E-state index in [9.17, 15) is 4.39 Å². The SMILES string of the molecule is Fc1cccc(C2=NC=CC2)c1. The van der Waals surface area contributed by atoms with Gasteiger partial charge < -0.3 is 0 Å². The predicted molar refractivity (Wildman–Crippen MR) is 46.7 cm³/mol. The Balaban J connectivity index is 2.35. The topological polar surface area (TPSA) is 12.4 Å². The number of allylic oxidation sites excluding steroid dienone is 1. The molecule has 0 bridgehead atoms. The Bertz CT molecular complexity index is 353. The lowest BCUT2D eigenvalue weighted by Gasteiger charge is -1.98. The van der Waals surface area contributed by atoms with Crippen LogP contribution in [-0.2, 0) is 0 Å². The van der Waals surface area contributed by atoms with Crippen LogP contribution in [0, 0.1) is 5.82 Å². The summed E-state index contributed by atoms with van der Waals surface area (Å²) in [7, 11) is 0. The van der Waals surface area contributed by atoms with E-state index in [-0.39, 0.29) is 5.82 Å². The van der Waals surface area contributed by atoms with E-state index < -0.39 is 0 Å². The van der Waals surface area contributed by atoms with Gasteiger partial charge in [0.25, 0.3) is 0 Å². The van der Waals surface area contributed by atoms with Crippen molar-refractivity contribution in [3.63, 3.8) is 0 Å². The summed E-state index contributed by atoms with van der Waals surface area (Å²) in [5.74, 6) is -0.206. The normalized spacial score (nSPS) is 14.9. The first kappa shape index (κ1) is 7.22. The molecule has 0 spiro atoms. The monoisotopic (exact) mass is 161 g/mol. The predicted octanol–water partition coefficient (Wildman–Crippen LogP) is 2.53. The summed E-state index contributed by atoms with van der Waals surface area (Å²) in [4.78, 5) is 4.12. The van der Waals surface area contributed by atoms with E-state index in [1.807, 2.05) is 12.1 Å². The van der Waals surface area contributed by atoms with Gasteiger partial charge in [-0.15, -0.1) is 0 Å². The highest BCUT2D eigenvalue weighted by molar-refractivity contribution is 6.02. The van der Waals surface area contributed by atoms with Gasteiger partial charge in [-0.2, -0.15) is 0 Å². The molecule has 0 amide bonds. The van der Waals surface area contributed by atoms with Gasteiger partial charge in [-0.25, -0.2) is 4.39 Å². The third-order valence-corrected chi connectivity index (χ3v) is 1.80. The minimum absolute atomic E-state index is 0.206. The van der Waals surface area contributed by atoms with Gasteiger partial charge in [0.15, 0.2) is 0 Å². The van der Waals surface area contributed by atoms with Crippen LogP contribution in [0.2, 0.25) is 0 Å². The van der Waals surface area contributed by atoms with Crippen molar-refractivity contribution in [3.05, 3.63) is 47.9 Å². The van der Waals surface area contributed by atoms with Crippen molar-refractivity contribution in [2.24, 2.45) is 4.99 Å². The molecule has 60 valence electrons. The van der Waals surface area contributed by atoms with Crippen molar-refractivity contribution in [1.82, 2.24) is 0 Å². The molecule has 0 aliphatic carbocycles.